The number of rotatable bonds is 4. The highest BCUT2D eigenvalue weighted by atomic mass is 32.1. The number of para-hydroxylation sites is 1. The Labute approximate surface area is 148 Å². The lowest BCUT2D eigenvalue weighted by molar-refractivity contribution is 0.619. The Morgan fingerprint density at radius 2 is 1.96 bits per heavy atom. The smallest absolute Gasteiger partial charge is 0.190 e. The van der Waals surface area contributed by atoms with Crippen molar-refractivity contribution in [1.82, 2.24) is 4.57 Å². The molecule has 0 amide bonds. The van der Waals surface area contributed by atoms with Crippen LogP contribution in [0.15, 0.2) is 82.0 Å². The Kier molecular flexibility index (Phi) is 4.07. The summed E-state index contributed by atoms with van der Waals surface area (Å²) in [7, 11) is 0. The van der Waals surface area contributed by atoms with E-state index in [9.17, 15) is 4.39 Å². The molecule has 0 fully saturated rings. The molecular weight excluding hydrogens is 335 g/mol. The number of halogens is 1. The van der Waals surface area contributed by atoms with E-state index in [4.69, 9.17) is 4.42 Å². The molecule has 0 spiro atoms. The van der Waals surface area contributed by atoms with Gasteiger partial charge in [0, 0.05) is 17.3 Å². The number of benzene rings is 2. The van der Waals surface area contributed by atoms with E-state index >= 15 is 0 Å². The summed E-state index contributed by atoms with van der Waals surface area (Å²) in [6, 6.07) is 16.1. The lowest BCUT2D eigenvalue weighted by Crippen LogP contribution is -2.14. The summed E-state index contributed by atoms with van der Waals surface area (Å²) in [5.41, 5.74) is 2.50. The van der Waals surface area contributed by atoms with Gasteiger partial charge in [-0.2, -0.15) is 0 Å². The quantitative estimate of drug-likeness (QED) is 0.446. The van der Waals surface area contributed by atoms with Crippen LogP contribution in [0.25, 0.3) is 22.4 Å². The van der Waals surface area contributed by atoms with Crippen LogP contribution in [0.2, 0.25) is 0 Å². The third kappa shape index (κ3) is 3.06. The van der Waals surface area contributed by atoms with E-state index in [-0.39, 0.29) is 5.82 Å². The minimum Gasteiger partial charge on any atom is -0.454 e. The maximum atomic E-state index is 13.1. The number of hydrogen-bond acceptors (Lipinski definition) is 3. The Morgan fingerprint density at radius 3 is 2.72 bits per heavy atom. The molecule has 0 saturated carbocycles. The third-order valence-corrected chi connectivity index (χ3v) is 4.70. The summed E-state index contributed by atoms with van der Waals surface area (Å²) in [6.07, 6.45) is 1.82. The van der Waals surface area contributed by atoms with E-state index in [1.807, 2.05) is 46.4 Å². The van der Waals surface area contributed by atoms with Gasteiger partial charge >= 0.3 is 0 Å². The van der Waals surface area contributed by atoms with Crippen molar-refractivity contribution in [2.24, 2.45) is 4.99 Å². The molecule has 5 heteroatoms. The summed E-state index contributed by atoms with van der Waals surface area (Å²) in [4.78, 5) is 5.43. The lowest BCUT2D eigenvalue weighted by atomic mass is 10.2. The number of nitrogens with zero attached hydrogens (tertiary/aromatic N) is 2. The van der Waals surface area contributed by atoms with Gasteiger partial charge < -0.3 is 8.98 Å². The summed E-state index contributed by atoms with van der Waals surface area (Å²) < 4.78 is 21.1. The van der Waals surface area contributed by atoms with Gasteiger partial charge in [-0.25, -0.2) is 9.38 Å². The monoisotopic (exact) mass is 350 g/mol. The molecule has 2 aromatic heterocycles. The first-order chi connectivity index (χ1) is 12.2. The van der Waals surface area contributed by atoms with Crippen LogP contribution >= 0.6 is 11.3 Å². The largest absolute Gasteiger partial charge is 0.454 e. The summed E-state index contributed by atoms with van der Waals surface area (Å²) in [5, 5.41) is 3.08. The molecule has 0 radical (unpaired) electrons. The SMILES string of the molecule is C=CCn1c(-c2cc3ccccc3o2)csc1=Nc1ccc(F)cc1. The Balaban J connectivity index is 1.85. The van der Waals surface area contributed by atoms with E-state index in [0.29, 0.717) is 12.2 Å². The number of hydrogen-bond donors (Lipinski definition) is 0. The van der Waals surface area contributed by atoms with Crippen molar-refractivity contribution in [1.29, 1.82) is 0 Å². The topological polar surface area (TPSA) is 30.4 Å². The molecule has 4 aromatic rings. The Hall–Kier alpha value is -2.92. The number of fused-ring (bicyclic) bond motifs is 1. The van der Waals surface area contributed by atoms with Gasteiger partial charge in [-0.3, -0.25) is 0 Å². The lowest BCUT2D eigenvalue weighted by Gasteiger charge is -2.03. The highest BCUT2D eigenvalue weighted by Crippen LogP contribution is 2.28. The molecule has 0 N–H and O–H groups in total. The van der Waals surface area contributed by atoms with Gasteiger partial charge in [0.05, 0.1) is 11.4 Å². The zero-order valence-corrected chi connectivity index (χ0v) is 14.2. The second kappa shape index (κ2) is 6.53. The van der Waals surface area contributed by atoms with Crippen molar-refractivity contribution in [3.05, 3.63) is 83.3 Å². The highest BCUT2D eigenvalue weighted by Gasteiger charge is 2.12. The highest BCUT2D eigenvalue weighted by molar-refractivity contribution is 7.07. The second-order valence-corrected chi connectivity index (χ2v) is 6.38. The van der Waals surface area contributed by atoms with Crippen molar-refractivity contribution in [3.63, 3.8) is 0 Å². The number of aromatic nitrogens is 1. The Bertz CT molecular complexity index is 1070. The van der Waals surface area contributed by atoms with Crippen LogP contribution in [-0.4, -0.2) is 4.57 Å². The zero-order chi connectivity index (χ0) is 17.2. The molecule has 0 unspecified atom stereocenters. The minimum absolute atomic E-state index is 0.271. The van der Waals surface area contributed by atoms with Crippen LogP contribution < -0.4 is 4.80 Å². The summed E-state index contributed by atoms with van der Waals surface area (Å²) in [5.74, 6) is 0.520. The molecule has 2 aromatic carbocycles. The number of furan rings is 1. The first-order valence-corrected chi connectivity index (χ1v) is 8.71. The van der Waals surface area contributed by atoms with Gasteiger partial charge in [0.15, 0.2) is 10.6 Å². The van der Waals surface area contributed by atoms with Gasteiger partial charge in [0.2, 0.25) is 0 Å². The minimum atomic E-state index is -0.271. The number of allylic oxidation sites excluding steroid dienone is 1. The average molecular weight is 350 g/mol. The standard InChI is InChI=1S/C20H15FN2OS/c1-2-11-23-17(19-12-14-5-3-4-6-18(14)24-19)13-25-20(23)22-16-9-7-15(21)8-10-16/h2-10,12-13H,1,11H2. The fraction of sp³-hybridized carbons (Fsp3) is 0.0500. The third-order valence-electron chi connectivity index (χ3n) is 3.84. The van der Waals surface area contributed by atoms with E-state index in [1.54, 1.807) is 12.1 Å². The first kappa shape index (κ1) is 15.6. The van der Waals surface area contributed by atoms with Crippen molar-refractivity contribution in [2.75, 3.05) is 0 Å². The Morgan fingerprint density at radius 1 is 1.16 bits per heavy atom. The molecule has 0 saturated heterocycles. The van der Waals surface area contributed by atoms with Gasteiger partial charge in [0.1, 0.15) is 11.4 Å². The van der Waals surface area contributed by atoms with E-state index < -0.39 is 0 Å². The molecule has 2 heterocycles. The maximum absolute atomic E-state index is 13.1. The van der Waals surface area contributed by atoms with Crippen molar-refractivity contribution in [2.45, 2.75) is 6.54 Å². The van der Waals surface area contributed by atoms with Crippen LogP contribution in [0, 0.1) is 5.82 Å². The molecule has 25 heavy (non-hydrogen) atoms. The van der Waals surface area contributed by atoms with Crippen LogP contribution in [-0.2, 0) is 6.54 Å². The second-order valence-electron chi connectivity index (χ2n) is 5.54. The fourth-order valence-electron chi connectivity index (χ4n) is 2.66. The molecule has 0 aliphatic heterocycles. The fourth-order valence-corrected chi connectivity index (χ4v) is 3.57. The normalized spacial score (nSPS) is 12.0. The van der Waals surface area contributed by atoms with E-state index in [0.717, 1.165) is 27.2 Å². The van der Waals surface area contributed by atoms with Crippen molar-refractivity contribution < 1.29 is 8.81 Å². The molecule has 124 valence electrons. The van der Waals surface area contributed by atoms with E-state index in [1.165, 1.54) is 23.5 Å². The van der Waals surface area contributed by atoms with Crippen LogP contribution in [0.3, 0.4) is 0 Å². The predicted molar refractivity (Wildman–Crippen MR) is 99.3 cm³/mol. The zero-order valence-electron chi connectivity index (χ0n) is 13.4. The van der Waals surface area contributed by atoms with Crippen LogP contribution in [0.1, 0.15) is 0 Å². The maximum Gasteiger partial charge on any atom is 0.190 e. The van der Waals surface area contributed by atoms with Gasteiger partial charge in [0.25, 0.3) is 0 Å². The molecule has 0 bridgehead atoms. The van der Waals surface area contributed by atoms with Crippen molar-refractivity contribution in [3.8, 4) is 11.5 Å². The van der Waals surface area contributed by atoms with E-state index in [2.05, 4.69) is 11.6 Å². The molecule has 0 aliphatic carbocycles. The molecule has 4 rings (SSSR count). The number of thiazole rings is 1. The van der Waals surface area contributed by atoms with Crippen LogP contribution in [0.5, 0.6) is 0 Å². The average Bonchev–Trinajstić information content (AvgIpc) is 3.21. The van der Waals surface area contributed by atoms with Gasteiger partial charge in [-0.1, -0.05) is 24.3 Å². The van der Waals surface area contributed by atoms with Crippen LogP contribution in [0.4, 0.5) is 10.1 Å². The predicted octanol–water partition coefficient (Wildman–Crippen LogP) is 5.52. The van der Waals surface area contributed by atoms with Gasteiger partial charge in [-0.05, 0) is 36.4 Å². The summed E-state index contributed by atoms with van der Waals surface area (Å²) in [6.45, 7) is 4.44. The first-order valence-electron chi connectivity index (χ1n) is 7.83. The van der Waals surface area contributed by atoms with Gasteiger partial charge in [-0.15, -0.1) is 17.9 Å². The molecule has 0 atom stereocenters. The van der Waals surface area contributed by atoms with Crippen molar-refractivity contribution >= 4 is 28.0 Å². The molecule has 3 nitrogen and oxygen atoms in total. The molecule has 0 aliphatic rings. The molecular formula is C20H15FN2OS. The summed E-state index contributed by atoms with van der Waals surface area (Å²) >= 11 is 1.51.